The number of fused-ring (bicyclic) bond motifs is 2. The number of ether oxygens (including phenoxy) is 2. The van der Waals surface area contributed by atoms with E-state index in [9.17, 15) is 14.4 Å². The Morgan fingerprint density at radius 2 is 1.85 bits per heavy atom. The lowest BCUT2D eigenvalue weighted by atomic mass is 10.0. The molecule has 2 heterocycles. The maximum atomic E-state index is 12.7. The number of thioether (sulfide) groups is 1. The predicted molar refractivity (Wildman–Crippen MR) is 126 cm³/mol. The van der Waals surface area contributed by atoms with Crippen LogP contribution in [0, 0.1) is 0 Å². The van der Waals surface area contributed by atoms with Crippen LogP contribution in [0.3, 0.4) is 0 Å². The van der Waals surface area contributed by atoms with Crippen LogP contribution < -0.4 is 14.8 Å². The van der Waals surface area contributed by atoms with E-state index >= 15 is 0 Å². The van der Waals surface area contributed by atoms with Gasteiger partial charge in [-0.25, -0.2) is 0 Å². The first kappa shape index (κ1) is 21.1. The van der Waals surface area contributed by atoms with Crippen molar-refractivity contribution in [2.45, 2.75) is 6.42 Å². The highest BCUT2D eigenvalue weighted by atomic mass is 32.2. The van der Waals surface area contributed by atoms with E-state index in [-0.39, 0.29) is 43.4 Å². The molecule has 1 N–H and O–H groups in total. The summed E-state index contributed by atoms with van der Waals surface area (Å²) in [5.41, 5.74) is 1.68. The number of benzene rings is 3. The van der Waals surface area contributed by atoms with Crippen molar-refractivity contribution < 1.29 is 23.9 Å². The van der Waals surface area contributed by atoms with Crippen molar-refractivity contribution >= 4 is 45.7 Å². The Balaban J connectivity index is 1.18. The quantitative estimate of drug-likeness (QED) is 0.561. The molecule has 0 radical (unpaired) electrons. The Hall–Kier alpha value is -3.78. The summed E-state index contributed by atoms with van der Waals surface area (Å²) in [7, 11) is 0. The van der Waals surface area contributed by atoms with Gasteiger partial charge in [0.25, 0.3) is 11.1 Å². The highest BCUT2D eigenvalue weighted by Crippen LogP contribution is 2.36. The van der Waals surface area contributed by atoms with Gasteiger partial charge in [0.15, 0.2) is 11.5 Å². The normalized spacial score (nSPS) is 16.1. The molecule has 0 unspecified atom stereocenters. The lowest BCUT2D eigenvalue weighted by molar-refractivity contribution is -0.124. The summed E-state index contributed by atoms with van der Waals surface area (Å²) in [6.45, 7) is 0.477. The van der Waals surface area contributed by atoms with Crippen molar-refractivity contribution in [2.75, 3.05) is 19.9 Å². The topological polar surface area (TPSA) is 84.9 Å². The van der Waals surface area contributed by atoms with Crippen molar-refractivity contribution in [3.8, 4) is 11.5 Å². The molecule has 3 amide bonds. The summed E-state index contributed by atoms with van der Waals surface area (Å²) in [4.78, 5) is 39.0. The van der Waals surface area contributed by atoms with Gasteiger partial charge in [-0.3, -0.25) is 19.3 Å². The molecule has 8 heteroatoms. The highest BCUT2D eigenvalue weighted by Gasteiger charge is 2.34. The summed E-state index contributed by atoms with van der Waals surface area (Å²) in [6.07, 6.45) is 1.89. The van der Waals surface area contributed by atoms with Crippen LogP contribution in [0.5, 0.6) is 11.5 Å². The van der Waals surface area contributed by atoms with Gasteiger partial charge in [0, 0.05) is 13.1 Å². The molecular formula is C25H20N2O5S. The van der Waals surface area contributed by atoms with Crippen LogP contribution in [0.4, 0.5) is 4.79 Å². The first-order chi connectivity index (χ1) is 16.1. The Morgan fingerprint density at radius 1 is 1.03 bits per heavy atom. The predicted octanol–water partition coefficient (Wildman–Crippen LogP) is 3.96. The molecule has 33 heavy (non-hydrogen) atoms. The minimum Gasteiger partial charge on any atom is -0.454 e. The van der Waals surface area contributed by atoms with Crippen LogP contribution in [0.15, 0.2) is 65.6 Å². The van der Waals surface area contributed by atoms with Crippen molar-refractivity contribution in [1.29, 1.82) is 0 Å². The molecule has 0 bridgehead atoms. The third-order valence-corrected chi connectivity index (χ3v) is 6.36. The number of hydrogen-bond donors (Lipinski definition) is 1. The van der Waals surface area contributed by atoms with Crippen LogP contribution in [-0.4, -0.2) is 41.8 Å². The van der Waals surface area contributed by atoms with E-state index < -0.39 is 0 Å². The van der Waals surface area contributed by atoms with E-state index in [2.05, 4.69) is 5.32 Å². The summed E-state index contributed by atoms with van der Waals surface area (Å²) in [6, 6.07) is 19.1. The van der Waals surface area contributed by atoms with Gasteiger partial charge >= 0.3 is 0 Å². The summed E-state index contributed by atoms with van der Waals surface area (Å²) >= 11 is 0.887. The molecule has 7 nitrogen and oxygen atoms in total. The molecule has 0 aromatic heterocycles. The maximum absolute atomic E-state index is 12.7. The molecule has 1 fully saturated rings. The van der Waals surface area contributed by atoms with Gasteiger partial charge < -0.3 is 14.8 Å². The molecule has 3 aromatic rings. The lowest BCUT2D eigenvalue weighted by Crippen LogP contribution is -2.37. The second kappa shape index (κ2) is 8.99. The molecule has 0 spiro atoms. The van der Waals surface area contributed by atoms with Crippen LogP contribution >= 0.6 is 11.8 Å². The van der Waals surface area contributed by atoms with Crippen molar-refractivity contribution in [2.24, 2.45) is 0 Å². The summed E-state index contributed by atoms with van der Waals surface area (Å²) < 4.78 is 10.6. The first-order valence-corrected chi connectivity index (χ1v) is 11.3. The van der Waals surface area contributed by atoms with Gasteiger partial charge in [0.2, 0.25) is 12.7 Å². The van der Waals surface area contributed by atoms with E-state index in [0.717, 1.165) is 38.6 Å². The molecule has 2 aliphatic heterocycles. The third kappa shape index (κ3) is 4.42. The molecular weight excluding hydrogens is 440 g/mol. The number of amides is 3. The number of rotatable bonds is 6. The summed E-state index contributed by atoms with van der Waals surface area (Å²) in [5.74, 6) is 0.733. The van der Waals surface area contributed by atoms with Gasteiger partial charge in [0.1, 0.15) is 0 Å². The molecule has 1 saturated heterocycles. The van der Waals surface area contributed by atoms with Gasteiger partial charge in [-0.05, 0) is 51.9 Å². The molecule has 0 atom stereocenters. The zero-order valence-corrected chi connectivity index (χ0v) is 18.4. The Morgan fingerprint density at radius 3 is 2.76 bits per heavy atom. The van der Waals surface area contributed by atoms with Crippen LogP contribution in [0.2, 0.25) is 0 Å². The van der Waals surface area contributed by atoms with E-state index in [1.165, 1.54) is 0 Å². The second-order valence-corrected chi connectivity index (χ2v) is 8.60. The number of carbonyl (C=O) groups is 3. The minimum absolute atomic E-state index is 0.115. The summed E-state index contributed by atoms with van der Waals surface area (Å²) in [5, 5.41) is 4.58. The van der Waals surface area contributed by atoms with Crippen LogP contribution in [0.25, 0.3) is 16.8 Å². The average molecular weight is 461 g/mol. The maximum Gasteiger partial charge on any atom is 0.293 e. The van der Waals surface area contributed by atoms with Gasteiger partial charge in [0.05, 0.1) is 11.3 Å². The minimum atomic E-state index is -0.369. The van der Waals surface area contributed by atoms with Crippen molar-refractivity contribution in [3.63, 3.8) is 0 Å². The fourth-order valence-electron chi connectivity index (χ4n) is 3.84. The van der Waals surface area contributed by atoms with Crippen molar-refractivity contribution in [3.05, 3.63) is 76.7 Å². The molecule has 0 aliphatic carbocycles. The van der Waals surface area contributed by atoms with Crippen LogP contribution in [0.1, 0.15) is 11.1 Å². The van der Waals surface area contributed by atoms with Gasteiger partial charge in [-0.1, -0.05) is 48.5 Å². The molecule has 5 rings (SSSR count). The fourth-order valence-corrected chi connectivity index (χ4v) is 4.70. The van der Waals surface area contributed by atoms with Crippen LogP contribution in [-0.2, 0) is 16.0 Å². The van der Waals surface area contributed by atoms with Gasteiger partial charge in [-0.15, -0.1) is 0 Å². The Kier molecular flexibility index (Phi) is 5.75. The number of carbonyl (C=O) groups excluding carboxylic acids is 3. The van der Waals surface area contributed by atoms with Gasteiger partial charge in [-0.2, -0.15) is 0 Å². The van der Waals surface area contributed by atoms with E-state index in [1.807, 2.05) is 42.5 Å². The third-order valence-electron chi connectivity index (χ3n) is 5.46. The lowest BCUT2D eigenvalue weighted by Gasteiger charge is -2.13. The first-order valence-electron chi connectivity index (χ1n) is 10.5. The van der Waals surface area contributed by atoms with E-state index in [1.54, 1.807) is 24.3 Å². The smallest absolute Gasteiger partial charge is 0.293 e. The standard InChI is InChI=1S/C25H20N2O5S/c28-23(14-18-6-3-5-17-4-1-2-7-19(17)18)26-10-11-27-24(29)22(33-25(27)30)13-16-8-9-20-21(12-16)32-15-31-20/h1-9,12-13H,10-11,14-15H2,(H,26,28)/b22-13-. The zero-order chi connectivity index (χ0) is 22.8. The molecule has 2 aliphatic rings. The second-order valence-electron chi connectivity index (χ2n) is 7.61. The Bertz CT molecular complexity index is 1300. The molecule has 0 saturated carbocycles. The van der Waals surface area contributed by atoms with E-state index in [4.69, 9.17) is 9.47 Å². The number of nitrogens with zero attached hydrogens (tertiary/aromatic N) is 1. The zero-order valence-electron chi connectivity index (χ0n) is 17.6. The number of imide groups is 1. The average Bonchev–Trinajstić information content (AvgIpc) is 3.39. The SMILES string of the molecule is O=C(Cc1cccc2ccccc12)NCCN1C(=O)S/C(=C\c2ccc3c(c2)OCO3)C1=O. The molecule has 166 valence electrons. The largest absolute Gasteiger partial charge is 0.454 e. The number of nitrogens with one attached hydrogen (secondary N) is 1. The fraction of sp³-hybridized carbons (Fsp3) is 0.160. The highest BCUT2D eigenvalue weighted by molar-refractivity contribution is 8.18. The van der Waals surface area contributed by atoms with Crippen molar-refractivity contribution in [1.82, 2.24) is 10.2 Å². The Labute approximate surface area is 194 Å². The monoisotopic (exact) mass is 460 g/mol. The number of hydrogen-bond acceptors (Lipinski definition) is 6. The van der Waals surface area contributed by atoms with E-state index in [0.29, 0.717) is 16.4 Å². The molecule has 3 aromatic carbocycles.